The van der Waals surface area contributed by atoms with Gasteiger partial charge < -0.3 is 10.0 Å². The van der Waals surface area contributed by atoms with Gasteiger partial charge >= 0.3 is 6.18 Å². The number of hydrogen-bond donors (Lipinski definition) is 1. The van der Waals surface area contributed by atoms with Crippen LogP contribution in [0.3, 0.4) is 0 Å². The lowest BCUT2D eigenvalue weighted by molar-refractivity contribution is -0.384. The number of nitro benzene ring substituents is 1. The SMILES string of the molecule is CC(=O)c1ccc(N(CCO)CC(F)(F)F)c([N+](=O)[O-])c1. The number of carbonyl (C=O) groups excluding carboxylic acids is 1. The van der Waals surface area contributed by atoms with Gasteiger partial charge in [0.1, 0.15) is 12.2 Å². The molecule has 116 valence electrons. The maximum atomic E-state index is 12.5. The molecule has 0 aromatic heterocycles. The van der Waals surface area contributed by atoms with E-state index in [4.69, 9.17) is 5.11 Å². The van der Waals surface area contributed by atoms with E-state index in [1.165, 1.54) is 13.0 Å². The van der Waals surface area contributed by atoms with Crippen molar-refractivity contribution in [1.82, 2.24) is 0 Å². The fraction of sp³-hybridized carbons (Fsp3) is 0.417. The molecule has 0 amide bonds. The Balaban J connectivity index is 3.29. The molecular weight excluding hydrogens is 293 g/mol. The lowest BCUT2D eigenvalue weighted by Gasteiger charge is -2.24. The molecule has 0 saturated heterocycles. The first-order valence-electron chi connectivity index (χ1n) is 5.87. The maximum Gasteiger partial charge on any atom is 0.405 e. The largest absolute Gasteiger partial charge is 0.405 e. The number of halogens is 3. The summed E-state index contributed by atoms with van der Waals surface area (Å²) in [5, 5.41) is 19.8. The van der Waals surface area contributed by atoms with E-state index in [2.05, 4.69) is 0 Å². The van der Waals surface area contributed by atoms with Gasteiger partial charge in [0.2, 0.25) is 0 Å². The number of aliphatic hydroxyl groups excluding tert-OH is 1. The van der Waals surface area contributed by atoms with E-state index in [9.17, 15) is 28.1 Å². The number of anilines is 1. The first kappa shape index (κ1) is 16.9. The Hall–Kier alpha value is -2.16. The Morgan fingerprint density at radius 1 is 1.43 bits per heavy atom. The summed E-state index contributed by atoms with van der Waals surface area (Å²) in [6.45, 7) is -1.25. The Kier molecular flexibility index (Phi) is 5.25. The minimum atomic E-state index is -4.58. The molecule has 0 heterocycles. The van der Waals surface area contributed by atoms with Crippen LogP contribution in [0.4, 0.5) is 24.5 Å². The Bertz CT molecular complexity index is 546. The van der Waals surface area contributed by atoms with Crippen LogP contribution < -0.4 is 4.90 Å². The quantitative estimate of drug-likeness (QED) is 0.494. The van der Waals surface area contributed by atoms with Gasteiger partial charge in [-0.15, -0.1) is 0 Å². The molecule has 0 radical (unpaired) electrons. The van der Waals surface area contributed by atoms with Crippen LogP contribution in [0.25, 0.3) is 0 Å². The standard InChI is InChI=1S/C12H13F3N2O4/c1-8(19)9-2-3-10(11(6-9)17(20)21)16(4-5-18)7-12(13,14)15/h2-3,6,18H,4-5,7H2,1H3. The van der Waals surface area contributed by atoms with Crippen LogP contribution >= 0.6 is 0 Å². The number of alkyl halides is 3. The van der Waals surface area contributed by atoms with Crippen molar-refractivity contribution in [2.45, 2.75) is 13.1 Å². The van der Waals surface area contributed by atoms with Crippen molar-refractivity contribution in [3.05, 3.63) is 33.9 Å². The molecule has 0 aliphatic carbocycles. The summed E-state index contributed by atoms with van der Waals surface area (Å²) in [7, 11) is 0. The molecular formula is C12H13F3N2O4. The fourth-order valence-corrected chi connectivity index (χ4v) is 1.78. The predicted molar refractivity (Wildman–Crippen MR) is 68.5 cm³/mol. The number of carbonyl (C=O) groups is 1. The van der Waals surface area contributed by atoms with Crippen LogP contribution in [-0.4, -0.2) is 41.7 Å². The number of rotatable bonds is 6. The molecule has 0 aliphatic rings. The molecule has 0 spiro atoms. The topological polar surface area (TPSA) is 83.7 Å². The van der Waals surface area contributed by atoms with Crippen LogP contribution in [0.5, 0.6) is 0 Å². The second-order valence-corrected chi connectivity index (χ2v) is 4.28. The van der Waals surface area contributed by atoms with Crippen molar-refractivity contribution in [3.63, 3.8) is 0 Å². The van der Waals surface area contributed by atoms with Gasteiger partial charge in [-0.05, 0) is 19.1 Å². The molecule has 6 nitrogen and oxygen atoms in total. The average molecular weight is 306 g/mol. The second-order valence-electron chi connectivity index (χ2n) is 4.28. The van der Waals surface area contributed by atoms with Crippen LogP contribution in [0, 0.1) is 10.1 Å². The normalized spacial score (nSPS) is 11.3. The molecule has 21 heavy (non-hydrogen) atoms. The first-order chi connectivity index (χ1) is 9.65. The third-order valence-electron chi connectivity index (χ3n) is 2.66. The highest BCUT2D eigenvalue weighted by Gasteiger charge is 2.33. The third kappa shape index (κ3) is 4.71. The molecule has 1 N–H and O–H groups in total. The van der Waals surface area contributed by atoms with Crippen molar-refractivity contribution in [3.8, 4) is 0 Å². The molecule has 0 aliphatic heterocycles. The number of benzene rings is 1. The average Bonchev–Trinajstić information content (AvgIpc) is 2.35. The molecule has 1 aromatic carbocycles. The van der Waals surface area contributed by atoms with Gasteiger partial charge in [-0.2, -0.15) is 13.2 Å². The first-order valence-corrected chi connectivity index (χ1v) is 5.87. The summed E-state index contributed by atoms with van der Waals surface area (Å²) in [4.78, 5) is 22.0. The minimum Gasteiger partial charge on any atom is -0.395 e. The van der Waals surface area contributed by atoms with E-state index < -0.39 is 42.3 Å². The van der Waals surface area contributed by atoms with Crippen molar-refractivity contribution >= 4 is 17.2 Å². The minimum absolute atomic E-state index is 0.0291. The fourth-order valence-electron chi connectivity index (χ4n) is 1.78. The number of nitrogens with zero attached hydrogens (tertiary/aromatic N) is 2. The van der Waals surface area contributed by atoms with Gasteiger partial charge in [-0.3, -0.25) is 14.9 Å². The highest BCUT2D eigenvalue weighted by atomic mass is 19.4. The van der Waals surface area contributed by atoms with Crippen molar-refractivity contribution in [1.29, 1.82) is 0 Å². The highest BCUT2D eigenvalue weighted by Crippen LogP contribution is 2.31. The maximum absolute atomic E-state index is 12.5. The summed E-state index contributed by atoms with van der Waals surface area (Å²) < 4.78 is 37.5. The molecule has 0 unspecified atom stereocenters. The van der Waals surface area contributed by atoms with Crippen LogP contribution in [0.2, 0.25) is 0 Å². The van der Waals surface area contributed by atoms with Crippen molar-refractivity contribution in [2.24, 2.45) is 0 Å². The van der Waals surface area contributed by atoms with Crippen LogP contribution in [0.15, 0.2) is 18.2 Å². The summed E-state index contributed by atoms with van der Waals surface area (Å²) in [6, 6.07) is 3.22. The smallest absolute Gasteiger partial charge is 0.395 e. The molecule has 0 atom stereocenters. The van der Waals surface area contributed by atoms with Crippen molar-refractivity contribution in [2.75, 3.05) is 24.6 Å². The predicted octanol–water partition coefficient (Wildman–Crippen LogP) is 2.16. The van der Waals surface area contributed by atoms with E-state index in [1.54, 1.807) is 0 Å². The van der Waals surface area contributed by atoms with Gasteiger partial charge in [-0.1, -0.05) is 0 Å². The Morgan fingerprint density at radius 3 is 2.48 bits per heavy atom. The number of hydrogen-bond acceptors (Lipinski definition) is 5. The number of nitro groups is 1. The monoisotopic (exact) mass is 306 g/mol. The number of aliphatic hydroxyl groups is 1. The van der Waals surface area contributed by atoms with E-state index in [0.29, 0.717) is 4.90 Å². The molecule has 0 fully saturated rings. The van der Waals surface area contributed by atoms with E-state index in [0.717, 1.165) is 12.1 Å². The third-order valence-corrected chi connectivity index (χ3v) is 2.66. The second kappa shape index (κ2) is 6.53. The zero-order chi connectivity index (χ0) is 16.2. The highest BCUT2D eigenvalue weighted by molar-refractivity contribution is 5.95. The zero-order valence-corrected chi connectivity index (χ0v) is 11.1. The van der Waals surface area contributed by atoms with E-state index in [1.807, 2.05) is 0 Å². The summed E-state index contributed by atoms with van der Waals surface area (Å²) in [5.41, 5.74) is -0.877. The number of Topliss-reactive ketones (excluding diaryl/α,β-unsaturated/α-hetero) is 1. The molecule has 1 rings (SSSR count). The van der Waals surface area contributed by atoms with Crippen LogP contribution in [-0.2, 0) is 0 Å². The Labute approximate surface area is 117 Å². The van der Waals surface area contributed by atoms with Gasteiger partial charge in [0.05, 0.1) is 11.5 Å². The van der Waals surface area contributed by atoms with Gasteiger partial charge in [0, 0.05) is 18.2 Å². The van der Waals surface area contributed by atoms with E-state index >= 15 is 0 Å². The summed E-state index contributed by atoms with van der Waals surface area (Å²) in [6.07, 6.45) is -4.58. The van der Waals surface area contributed by atoms with E-state index in [-0.39, 0.29) is 11.3 Å². The lowest BCUT2D eigenvalue weighted by Crippen LogP contribution is -2.36. The van der Waals surface area contributed by atoms with Gasteiger partial charge in [0.25, 0.3) is 5.69 Å². The Morgan fingerprint density at radius 2 is 2.05 bits per heavy atom. The van der Waals surface area contributed by atoms with Gasteiger partial charge in [0.15, 0.2) is 5.78 Å². The van der Waals surface area contributed by atoms with Gasteiger partial charge in [-0.25, -0.2) is 0 Å². The van der Waals surface area contributed by atoms with Crippen molar-refractivity contribution < 1.29 is 28.0 Å². The molecule has 1 aromatic rings. The lowest BCUT2D eigenvalue weighted by atomic mass is 10.1. The molecule has 9 heteroatoms. The summed E-state index contributed by atoms with van der Waals surface area (Å²) >= 11 is 0. The summed E-state index contributed by atoms with van der Waals surface area (Å²) in [5.74, 6) is -0.436. The zero-order valence-electron chi connectivity index (χ0n) is 11.1. The number of ketones is 1. The van der Waals surface area contributed by atoms with Crippen LogP contribution in [0.1, 0.15) is 17.3 Å². The molecule has 0 saturated carbocycles. The molecule has 0 bridgehead atoms.